The first kappa shape index (κ1) is 12.4. The van der Waals surface area contributed by atoms with Crippen LogP contribution in [-0.2, 0) is 4.79 Å². The molecular weight excluding hydrogens is 228 g/mol. The van der Waals surface area contributed by atoms with Crippen LogP contribution < -0.4 is 10.1 Å². The standard InChI is InChI=1S/C14H16N2O2/c1-18-12-8-4-7-11(9-15)13(12)16-14(17)10-5-2-3-6-10/h4,7-8,10H,2-3,5-6H2,1H3,(H,16,17). The maximum absolute atomic E-state index is 12.1. The lowest BCUT2D eigenvalue weighted by Crippen LogP contribution is -2.21. The molecule has 2 rings (SSSR count). The minimum atomic E-state index is -0.00602. The lowest BCUT2D eigenvalue weighted by atomic mass is 10.1. The van der Waals surface area contributed by atoms with Crippen LogP contribution in [0.1, 0.15) is 31.2 Å². The summed E-state index contributed by atoms with van der Waals surface area (Å²) in [6.45, 7) is 0. The zero-order chi connectivity index (χ0) is 13.0. The Balaban J connectivity index is 2.22. The molecule has 4 heteroatoms. The van der Waals surface area contributed by atoms with Crippen LogP contribution in [0.15, 0.2) is 18.2 Å². The van der Waals surface area contributed by atoms with E-state index in [1.807, 2.05) is 0 Å². The van der Waals surface area contributed by atoms with E-state index < -0.39 is 0 Å². The highest BCUT2D eigenvalue weighted by atomic mass is 16.5. The molecule has 1 aromatic carbocycles. The quantitative estimate of drug-likeness (QED) is 0.889. The van der Waals surface area contributed by atoms with E-state index in [1.165, 1.54) is 7.11 Å². The second-order valence-electron chi connectivity index (χ2n) is 4.47. The van der Waals surface area contributed by atoms with Crippen molar-refractivity contribution in [2.24, 2.45) is 5.92 Å². The Labute approximate surface area is 107 Å². The van der Waals surface area contributed by atoms with E-state index in [2.05, 4.69) is 11.4 Å². The van der Waals surface area contributed by atoms with Crippen molar-refractivity contribution >= 4 is 11.6 Å². The lowest BCUT2D eigenvalue weighted by Gasteiger charge is -2.14. The molecule has 0 saturated heterocycles. The summed E-state index contributed by atoms with van der Waals surface area (Å²) in [6, 6.07) is 7.22. The largest absolute Gasteiger partial charge is 0.495 e. The fourth-order valence-corrected chi connectivity index (χ4v) is 2.34. The first-order chi connectivity index (χ1) is 8.76. The topological polar surface area (TPSA) is 62.1 Å². The average molecular weight is 244 g/mol. The van der Waals surface area contributed by atoms with Gasteiger partial charge in [0, 0.05) is 5.92 Å². The van der Waals surface area contributed by atoms with Gasteiger partial charge >= 0.3 is 0 Å². The molecule has 0 radical (unpaired) electrons. The molecule has 1 fully saturated rings. The van der Waals surface area contributed by atoms with Crippen molar-refractivity contribution < 1.29 is 9.53 Å². The van der Waals surface area contributed by atoms with Crippen LogP contribution in [-0.4, -0.2) is 13.0 Å². The summed E-state index contributed by atoms with van der Waals surface area (Å²) in [5, 5.41) is 11.9. The number of nitriles is 1. The Morgan fingerprint density at radius 2 is 2.17 bits per heavy atom. The smallest absolute Gasteiger partial charge is 0.227 e. The number of hydrogen-bond donors (Lipinski definition) is 1. The van der Waals surface area contributed by atoms with E-state index in [-0.39, 0.29) is 11.8 Å². The third kappa shape index (κ3) is 2.45. The molecule has 0 aliphatic heterocycles. The monoisotopic (exact) mass is 244 g/mol. The van der Waals surface area contributed by atoms with Crippen molar-refractivity contribution in [2.45, 2.75) is 25.7 Å². The number of rotatable bonds is 3. The Bertz CT molecular complexity index is 485. The van der Waals surface area contributed by atoms with E-state index in [9.17, 15) is 4.79 Å². The van der Waals surface area contributed by atoms with Gasteiger partial charge in [-0.25, -0.2) is 0 Å². The molecule has 1 saturated carbocycles. The van der Waals surface area contributed by atoms with Gasteiger partial charge in [-0.15, -0.1) is 0 Å². The Morgan fingerprint density at radius 3 is 2.78 bits per heavy atom. The number of amides is 1. The van der Waals surface area contributed by atoms with Crippen molar-refractivity contribution in [3.8, 4) is 11.8 Å². The number of anilines is 1. The summed E-state index contributed by atoms with van der Waals surface area (Å²) in [5.41, 5.74) is 0.917. The molecule has 1 aliphatic carbocycles. The van der Waals surface area contributed by atoms with E-state index >= 15 is 0 Å². The van der Waals surface area contributed by atoms with Gasteiger partial charge in [-0.3, -0.25) is 4.79 Å². The van der Waals surface area contributed by atoms with Gasteiger partial charge in [0.1, 0.15) is 17.5 Å². The van der Waals surface area contributed by atoms with Gasteiger partial charge < -0.3 is 10.1 Å². The number of nitrogens with zero attached hydrogens (tertiary/aromatic N) is 1. The van der Waals surface area contributed by atoms with Crippen LogP contribution in [0.3, 0.4) is 0 Å². The first-order valence-electron chi connectivity index (χ1n) is 6.14. The Hall–Kier alpha value is -2.02. The maximum Gasteiger partial charge on any atom is 0.227 e. The zero-order valence-corrected chi connectivity index (χ0v) is 10.4. The molecule has 0 spiro atoms. The molecule has 0 unspecified atom stereocenters. The van der Waals surface area contributed by atoms with Crippen LogP contribution in [0.2, 0.25) is 0 Å². The van der Waals surface area contributed by atoms with Gasteiger partial charge in [0.05, 0.1) is 12.7 Å². The van der Waals surface area contributed by atoms with Gasteiger partial charge in [-0.05, 0) is 25.0 Å². The second kappa shape index (κ2) is 5.54. The molecule has 1 amide bonds. The predicted molar refractivity (Wildman–Crippen MR) is 68.3 cm³/mol. The Kier molecular flexibility index (Phi) is 3.83. The van der Waals surface area contributed by atoms with Crippen LogP contribution in [0.4, 0.5) is 5.69 Å². The van der Waals surface area contributed by atoms with Crippen molar-refractivity contribution in [3.63, 3.8) is 0 Å². The second-order valence-corrected chi connectivity index (χ2v) is 4.47. The van der Waals surface area contributed by atoms with Gasteiger partial charge in [-0.2, -0.15) is 5.26 Å². The van der Waals surface area contributed by atoms with Crippen LogP contribution in [0.5, 0.6) is 5.75 Å². The highest BCUT2D eigenvalue weighted by Crippen LogP contribution is 2.31. The van der Waals surface area contributed by atoms with E-state index in [1.54, 1.807) is 18.2 Å². The Morgan fingerprint density at radius 1 is 1.44 bits per heavy atom. The van der Waals surface area contributed by atoms with Crippen LogP contribution in [0.25, 0.3) is 0 Å². The molecule has 18 heavy (non-hydrogen) atoms. The summed E-state index contributed by atoms with van der Waals surface area (Å²) in [4.78, 5) is 12.1. The fraction of sp³-hybridized carbons (Fsp3) is 0.429. The lowest BCUT2D eigenvalue weighted by molar-refractivity contribution is -0.119. The third-order valence-electron chi connectivity index (χ3n) is 3.34. The van der Waals surface area contributed by atoms with E-state index in [4.69, 9.17) is 10.00 Å². The minimum absolute atomic E-state index is 0.00602. The number of carbonyl (C=O) groups excluding carboxylic acids is 1. The molecule has 0 aromatic heterocycles. The zero-order valence-electron chi connectivity index (χ0n) is 10.4. The van der Waals surface area contributed by atoms with E-state index in [0.29, 0.717) is 17.0 Å². The van der Waals surface area contributed by atoms with Gasteiger partial charge in [-0.1, -0.05) is 18.9 Å². The molecule has 94 valence electrons. The summed E-state index contributed by atoms with van der Waals surface area (Å²) < 4.78 is 5.19. The number of hydrogen-bond acceptors (Lipinski definition) is 3. The molecule has 0 heterocycles. The van der Waals surface area contributed by atoms with Gasteiger partial charge in [0.2, 0.25) is 5.91 Å². The van der Waals surface area contributed by atoms with Crippen LogP contribution >= 0.6 is 0 Å². The number of benzene rings is 1. The normalized spacial score (nSPS) is 15.1. The number of ether oxygens (including phenoxy) is 1. The van der Waals surface area contributed by atoms with E-state index in [0.717, 1.165) is 25.7 Å². The predicted octanol–water partition coefficient (Wildman–Crippen LogP) is 2.70. The number of carbonyl (C=O) groups is 1. The molecule has 0 bridgehead atoms. The molecule has 0 atom stereocenters. The first-order valence-corrected chi connectivity index (χ1v) is 6.14. The highest BCUT2D eigenvalue weighted by molar-refractivity contribution is 5.95. The summed E-state index contributed by atoms with van der Waals surface area (Å²) in [7, 11) is 1.53. The van der Waals surface area contributed by atoms with Crippen LogP contribution in [0, 0.1) is 17.2 Å². The summed E-state index contributed by atoms with van der Waals surface area (Å²) in [5.74, 6) is 0.593. The third-order valence-corrected chi connectivity index (χ3v) is 3.34. The average Bonchev–Trinajstić information content (AvgIpc) is 2.93. The summed E-state index contributed by atoms with van der Waals surface area (Å²) >= 11 is 0. The fourth-order valence-electron chi connectivity index (χ4n) is 2.34. The molecule has 1 aromatic rings. The SMILES string of the molecule is COc1cccc(C#N)c1NC(=O)C1CCCC1. The highest BCUT2D eigenvalue weighted by Gasteiger charge is 2.24. The van der Waals surface area contributed by atoms with Crippen molar-refractivity contribution in [2.75, 3.05) is 12.4 Å². The molecule has 4 nitrogen and oxygen atoms in total. The van der Waals surface area contributed by atoms with Gasteiger partial charge in [0.15, 0.2) is 0 Å². The van der Waals surface area contributed by atoms with Crippen molar-refractivity contribution in [1.29, 1.82) is 5.26 Å². The minimum Gasteiger partial charge on any atom is -0.495 e. The molecular formula is C14H16N2O2. The van der Waals surface area contributed by atoms with Gasteiger partial charge in [0.25, 0.3) is 0 Å². The van der Waals surface area contributed by atoms with Crippen molar-refractivity contribution in [1.82, 2.24) is 0 Å². The van der Waals surface area contributed by atoms with Crippen molar-refractivity contribution in [3.05, 3.63) is 23.8 Å². The molecule has 1 aliphatic rings. The number of para-hydroxylation sites is 1. The molecule has 1 N–H and O–H groups in total. The summed E-state index contributed by atoms with van der Waals surface area (Å²) in [6.07, 6.45) is 4.08. The number of methoxy groups -OCH3 is 1. The maximum atomic E-state index is 12.1. The number of nitrogens with one attached hydrogen (secondary N) is 1.